The number of furan rings is 1. The maximum atomic E-state index is 5.99. The molecule has 0 spiro atoms. The van der Waals surface area contributed by atoms with Gasteiger partial charge in [-0.15, -0.1) is 0 Å². The van der Waals surface area contributed by atoms with Crippen molar-refractivity contribution in [3.05, 3.63) is 35.1 Å². The number of hydrogen-bond acceptors (Lipinski definition) is 2. The highest BCUT2D eigenvalue weighted by Gasteiger charge is 2.16. The molecule has 0 aliphatic rings. The topological polar surface area (TPSA) is 25.2 Å². The average molecular weight is 273 g/mol. The van der Waals surface area contributed by atoms with E-state index in [9.17, 15) is 0 Å². The average Bonchev–Trinajstić information content (AvgIpc) is 2.70. The fourth-order valence-electron chi connectivity index (χ4n) is 2.39. The van der Waals surface area contributed by atoms with Crippen LogP contribution in [-0.4, -0.2) is 6.54 Å². The lowest BCUT2D eigenvalue weighted by molar-refractivity contribution is 0.484. The van der Waals surface area contributed by atoms with E-state index in [0.717, 1.165) is 24.4 Å². The Morgan fingerprint density at radius 1 is 1.15 bits per heavy atom. The van der Waals surface area contributed by atoms with Gasteiger partial charge in [-0.25, -0.2) is 0 Å². The second-order valence-corrected chi connectivity index (χ2v) is 7.20. The van der Waals surface area contributed by atoms with Crippen molar-refractivity contribution in [1.29, 1.82) is 0 Å². The van der Waals surface area contributed by atoms with E-state index in [4.69, 9.17) is 4.42 Å². The first-order valence-corrected chi connectivity index (χ1v) is 7.51. The third-order valence-corrected chi connectivity index (χ3v) is 3.57. The van der Waals surface area contributed by atoms with Crippen LogP contribution in [0.2, 0.25) is 0 Å². The standard InChI is InChI=1S/C18H27NO/c1-12(2)10-19-11-16-9-14-8-15(18(4,5)6)7-13(3)17(14)20-16/h7-9,12,19H,10-11H2,1-6H3. The summed E-state index contributed by atoms with van der Waals surface area (Å²) in [4.78, 5) is 0. The first kappa shape index (κ1) is 15.1. The molecule has 2 heteroatoms. The van der Waals surface area contributed by atoms with Gasteiger partial charge in [-0.05, 0) is 48.1 Å². The number of nitrogens with one attached hydrogen (secondary N) is 1. The maximum Gasteiger partial charge on any atom is 0.137 e. The molecule has 0 saturated heterocycles. The molecule has 0 atom stereocenters. The highest BCUT2D eigenvalue weighted by atomic mass is 16.3. The molecule has 1 aromatic heterocycles. The third-order valence-electron chi connectivity index (χ3n) is 3.57. The van der Waals surface area contributed by atoms with Gasteiger partial charge in [-0.3, -0.25) is 0 Å². The smallest absolute Gasteiger partial charge is 0.137 e. The molecule has 2 aromatic rings. The number of hydrogen-bond donors (Lipinski definition) is 1. The Labute approximate surface area is 122 Å². The van der Waals surface area contributed by atoms with Crippen LogP contribution < -0.4 is 5.32 Å². The minimum atomic E-state index is 0.173. The van der Waals surface area contributed by atoms with E-state index >= 15 is 0 Å². The highest BCUT2D eigenvalue weighted by Crippen LogP contribution is 2.30. The van der Waals surface area contributed by atoms with Crippen molar-refractivity contribution >= 4 is 11.0 Å². The fourth-order valence-corrected chi connectivity index (χ4v) is 2.39. The van der Waals surface area contributed by atoms with Gasteiger partial charge in [-0.1, -0.05) is 40.7 Å². The Bertz CT molecular complexity index is 587. The Hall–Kier alpha value is -1.28. The van der Waals surface area contributed by atoms with E-state index < -0.39 is 0 Å². The van der Waals surface area contributed by atoms with Gasteiger partial charge in [0.25, 0.3) is 0 Å². The quantitative estimate of drug-likeness (QED) is 0.867. The van der Waals surface area contributed by atoms with Crippen LogP contribution in [0.3, 0.4) is 0 Å². The monoisotopic (exact) mass is 273 g/mol. The molecular formula is C18H27NO. The minimum absolute atomic E-state index is 0.173. The molecule has 20 heavy (non-hydrogen) atoms. The molecule has 1 heterocycles. The number of aryl methyl sites for hydroxylation is 1. The van der Waals surface area contributed by atoms with Gasteiger partial charge < -0.3 is 9.73 Å². The molecular weight excluding hydrogens is 246 g/mol. The number of fused-ring (bicyclic) bond motifs is 1. The van der Waals surface area contributed by atoms with E-state index in [1.54, 1.807) is 0 Å². The summed E-state index contributed by atoms with van der Waals surface area (Å²) in [5.41, 5.74) is 3.79. The molecule has 0 fully saturated rings. The Morgan fingerprint density at radius 3 is 2.45 bits per heavy atom. The van der Waals surface area contributed by atoms with Crippen molar-refractivity contribution in [2.45, 2.75) is 53.5 Å². The van der Waals surface area contributed by atoms with Crippen molar-refractivity contribution < 1.29 is 4.42 Å². The number of benzene rings is 1. The van der Waals surface area contributed by atoms with E-state index in [1.807, 2.05) is 0 Å². The number of rotatable bonds is 4. The van der Waals surface area contributed by atoms with Gasteiger partial charge in [0.05, 0.1) is 6.54 Å². The Balaban J connectivity index is 2.27. The summed E-state index contributed by atoms with van der Waals surface area (Å²) in [6.07, 6.45) is 0. The zero-order valence-electron chi connectivity index (χ0n) is 13.6. The van der Waals surface area contributed by atoms with Crippen molar-refractivity contribution in [2.24, 2.45) is 5.92 Å². The van der Waals surface area contributed by atoms with Crippen molar-refractivity contribution in [1.82, 2.24) is 5.32 Å². The lowest BCUT2D eigenvalue weighted by atomic mass is 9.85. The van der Waals surface area contributed by atoms with Crippen molar-refractivity contribution in [2.75, 3.05) is 6.54 Å². The summed E-state index contributed by atoms with van der Waals surface area (Å²) in [5, 5.41) is 4.65. The summed E-state index contributed by atoms with van der Waals surface area (Å²) in [6.45, 7) is 15.1. The molecule has 1 aromatic carbocycles. The van der Waals surface area contributed by atoms with Crippen LogP contribution in [0.5, 0.6) is 0 Å². The first-order chi connectivity index (χ1) is 9.27. The zero-order chi connectivity index (χ0) is 14.9. The summed E-state index contributed by atoms with van der Waals surface area (Å²) in [5.74, 6) is 1.68. The van der Waals surface area contributed by atoms with Crippen LogP contribution in [-0.2, 0) is 12.0 Å². The summed E-state index contributed by atoms with van der Waals surface area (Å²) in [6, 6.07) is 6.68. The molecule has 0 amide bonds. The Kier molecular flexibility index (Phi) is 4.24. The summed E-state index contributed by atoms with van der Waals surface area (Å²) >= 11 is 0. The molecule has 2 nitrogen and oxygen atoms in total. The van der Waals surface area contributed by atoms with E-state index in [1.165, 1.54) is 16.5 Å². The van der Waals surface area contributed by atoms with Crippen LogP contribution in [0.25, 0.3) is 11.0 Å². The molecule has 0 unspecified atom stereocenters. The molecule has 0 saturated carbocycles. The lowest BCUT2D eigenvalue weighted by Crippen LogP contribution is -2.18. The molecule has 0 aliphatic heterocycles. The van der Waals surface area contributed by atoms with Gasteiger partial charge in [0.15, 0.2) is 0 Å². The van der Waals surface area contributed by atoms with Gasteiger partial charge in [0.2, 0.25) is 0 Å². The van der Waals surface area contributed by atoms with Crippen molar-refractivity contribution in [3.63, 3.8) is 0 Å². The SMILES string of the molecule is Cc1cc(C(C)(C)C)cc2cc(CNCC(C)C)oc12. The first-order valence-electron chi connectivity index (χ1n) is 7.51. The second kappa shape index (κ2) is 5.61. The fraction of sp³-hybridized carbons (Fsp3) is 0.556. The van der Waals surface area contributed by atoms with Gasteiger partial charge in [0, 0.05) is 5.39 Å². The van der Waals surface area contributed by atoms with Gasteiger partial charge in [-0.2, -0.15) is 0 Å². The molecule has 0 radical (unpaired) electrons. The van der Waals surface area contributed by atoms with Gasteiger partial charge >= 0.3 is 0 Å². The Morgan fingerprint density at radius 2 is 1.85 bits per heavy atom. The highest BCUT2D eigenvalue weighted by molar-refractivity contribution is 5.82. The zero-order valence-corrected chi connectivity index (χ0v) is 13.6. The van der Waals surface area contributed by atoms with Crippen LogP contribution in [0.1, 0.15) is 51.5 Å². The molecule has 1 N–H and O–H groups in total. The van der Waals surface area contributed by atoms with E-state index in [0.29, 0.717) is 5.92 Å². The second-order valence-electron chi connectivity index (χ2n) is 7.20. The van der Waals surface area contributed by atoms with Crippen LogP contribution in [0, 0.1) is 12.8 Å². The van der Waals surface area contributed by atoms with Crippen LogP contribution >= 0.6 is 0 Å². The van der Waals surface area contributed by atoms with Crippen LogP contribution in [0.4, 0.5) is 0 Å². The van der Waals surface area contributed by atoms with E-state index in [-0.39, 0.29) is 5.41 Å². The minimum Gasteiger partial charge on any atom is -0.459 e. The molecule has 2 rings (SSSR count). The van der Waals surface area contributed by atoms with E-state index in [2.05, 4.69) is 65.1 Å². The largest absolute Gasteiger partial charge is 0.459 e. The van der Waals surface area contributed by atoms with Crippen molar-refractivity contribution in [3.8, 4) is 0 Å². The predicted molar refractivity (Wildman–Crippen MR) is 86.2 cm³/mol. The third kappa shape index (κ3) is 3.43. The van der Waals surface area contributed by atoms with Crippen LogP contribution in [0.15, 0.2) is 22.6 Å². The molecule has 110 valence electrons. The predicted octanol–water partition coefficient (Wildman–Crippen LogP) is 4.78. The summed E-state index contributed by atoms with van der Waals surface area (Å²) < 4.78 is 5.99. The maximum absolute atomic E-state index is 5.99. The molecule has 0 bridgehead atoms. The summed E-state index contributed by atoms with van der Waals surface area (Å²) in [7, 11) is 0. The normalized spacial score (nSPS) is 12.6. The molecule has 0 aliphatic carbocycles. The lowest BCUT2D eigenvalue weighted by Gasteiger charge is -2.19. The van der Waals surface area contributed by atoms with Gasteiger partial charge in [0.1, 0.15) is 11.3 Å².